The maximum absolute atomic E-state index is 11.6. The van der Waals surface area contributed by atoms with Crippen LogP contribution in [0.4, 0.5) is 0 Å². The van der Waals surface area contributed by atoms with Gasteiger partial charge < -0.3 is 5.11 Å². The van der Waals surface area contributed by atoms with Gasteiger partial charge in [0.25, 0.3) is 0 Å². The van der Waals surface area contributed by atoms with E-state index in [-0.39, 0.29) is 30.7 Å². The Morgan fingerprint density at radius 2 is 1.81 bits per heavy atom. The predicted octanol–water partition coefficient (Wildman–Crippen LogP) is 1.03. The van der Waals surface area contributed by atoms with E-state index in [1.165, 1.54) is 4.90 Å². The second-order valence-electron chi connectivity index (χ2n) is 4.31. The monoisotopic (exact) mass is 227 g/mol. The highest BCUT2D eigenvalue weighted by Gasteiger charge is 2.25. The van der Waals surface area contributed by atoms with E-state index in [0.717, 1.165) is 12.8 Å². The van der Waals surface area contributed by atoms with E-state index in [1.54, 1.807) is 6.92 Å². The number of amides is 2. The maximum Gasteiger partial charge on any atom is 0.303 e. The number of rotatable bonds is 4. The van der Waals surface area contributed by atoms with Crippen molar-refractivity contribution in [1.82, 2.24) is 4.90 Å². The van der Waals surface area contributed by atoms with Gasteiger partial charge in [-0.05, 0) is 18.8 Å². The van der Waals surface area contributed by atoms with E-state index in [1.807, 2.05) is 0 Å². The summed E-state index contributed by atoms with van der Waals surface area (Å²) < 4.78 is 0. The zero-order chi connectivity index (χ0) is 12.1. The summed E-state index contributed by atoms with van der Waals surface area (Å²) in [5, 5.41) is 8.61. The molecule has 1 aliphatic heterocycles. The summed E-state index contributed by atoms with van der Waals surface area (Å²) >= 11 is 0. The topological polar surface area (TPSA) is 74.7 Å². The molecule has 0 aliphatic carbocycles. The molecule has 0 bridgehead atoms. The lowest BCUT2D eigenvalue weighted by atomic mass is 10.1. The van der Waals surface area contributed by atoms with Gasteiger partial charge in [0.2, 0.25) is 11.8 Å². The Labute approximate surface area is 94.4 Å². The maximum atomic E-state index is 11.6. The zero-order valence-electron chi connectivity index (χ0n) is 9.44. The van der Waals surface area contributed by atoms with E-state index in [4.69, 9.17) is 5.11 Å². The number of carboxylic acids is 1. The van der Waals surface area contributed by atoms with Gasteiger partial charge in [-0.1, -0.05) is 6.92 Å². The molecule has 5 heteroatoms. The highest BCUT2D eigenvalue weighted by atomic mass is 16.4. The van der Waals surface area contributed by atoms with E-state index >= 15 is 0 Å². The third kappa shape index (κ3) is 3.64. The highest BCUT2D eigenvalue weighted by Crippen LogP contribution is 2.15. The molecule has 1 aliphatic rings. The van der Waals surface area contributed by atoms with E-state index in [9.17, 15) is 14.4 Å². The average Bonchev–Trinajstić information content (AvgIpc) is 2.31. The number of hydrogen-bond acceptors (Lipinski definition) is 3. The molecule has 0 saturated carbocycles. The molecule has 16 heavy (non-hydrogen) atoms. The molecule has 0 aromatic rings. The second kappa shape index (κ2) is 5.63. The molecule has 90 valence electrons. The standard InChI is InChI=1S/C11H17NO4/c1-8(6-11(15)16)7-12-9(13)4-2-3-5-10(12)14/h8H,2-7H2,1H3,(H,15,16). The molecule has 1 saturated heterocycles. The number of carbonyl (C=O) groups is 3. The SMILES string of the molecule is CC(CC(=O)O)CN1C(=O)CCCCC1=O. The quantitative estimate of drug-likeness (QED) is 0.728. The fraction of sp³-hybridized carbons (Fsp3) is 0.727. The Bertz CT molecular complexity index is 282. The number of likely N-dealkylation sites (tertiary alicyclic amines) is 1. The molecule has 1 atom stereocenters. The molecule has 0 radical (unpaired) electrons. The molecular weight excluding hydrogens is 210 g/mol. The number of carbonyl (C=O) groups excluding carboxylic acids is 2. The number of carboxylic acid groups (broad SMARTS) is 1. The smallest absolute Gasteiger partial charge is 0.303 e. The zero-order valence-corrected chi connectivity index (χ0v) is 9.44. The van der Waals surface area contributed by atoms with Crippen molar-refractivity contribution in [3.05, 3.63) is 0 Å². The third-order valence-electron chi connectivity index (χ3n) is 2.65. The summed E-state index contributed by atoms with van der Waals surface area (Å²) in [6.45, 7) is 1.96. The van der Waals surface area contributed by atoms with Gasteiger partial charge in [0.15, 0.2) is 0 Å². The van der Waals surface area contributed by atoms with Crippen molar-refractivity contribution < 1.29 is 19.5 Å². The number of hydrogen-bond donors (Lipinski definition) is 1. The van der Waals surface area contributed by atoms with Crippen molar-refractivity contribution in [1.29, 1.82) is 0 Å². The molecule has 0 aromatic heterocycles. The Morgan fingerprint density at radius 3 is 2.25 bits per heavy atom. The molecule has 1 fully saturated rings. The molecule has 1 rings (SSSR count). The summed E-state index contributed by atoms with van der Waals surface area (Å²) in [5.74, 6) is -1.43. The predicted molar refractivity (Wildman–Crippen MR) is 56.6 cm³/mol. The van der Waals surface area contributed by atoms with Gasteiger partial charge in [-0.3, -0.25) is 19.3 Å². The second-order valence-corrected chi connectivity index (χ2v) is 4.31. The van der Waals surface area contributed by atoms with Gasteiger partial charge in [0.05, 0.1) is 0 Å². The van der Waals surface area contributed by atoms with Crippen LogP contribution >= 0.6 is 0 Å². The van der Waals surface area contributed by atoms with Crippen LogP contribution in [0.2, 0.25) is 0 Å². The summed E-state index contributed by atoms with van der Waals surface area (Å²) in [4.78, 5) is 34.9. The Balaban J connectivity index is 2.58. The lowest BCUT2D eigenvalue weighted by Gasteiger charge is -2.21. The minimum Gasteiger partial charge on any atom is -0.481 e. The largest absolute Gasteiger partial charge is 0.481 e. The Morgan fingerprint density at radius 1 is 1.31 bits per heavy atom. The van der Waals surface area contributed by atoms with Crippen LogP contribution in [0, 0.1) is 5.92 Å². The minimum atomic E-state index is -0.901. The first-order valence-corrected chi connectivity index (χ1v) is 5.55. The van der Waals surface area contributed by atoms with Crippen LogP contribution in [0.1, 0.15) is 39.0 Å². The summed E-state index contributed by atoms with van der Waals surface area (Å²) in [6, 6.07) is 0. The van der Waals surface area contributed by atoms with Crippen molar-refractivity contribution in [2.24, 2.45) is 5.92 Å². The molecule has 0 aromatic carbocycles. The molecule has 0 spiro atoms. The van der Waals surface area contributed by atoms with Crippen molar-refractivity contribution in [3.63, 3.8) is 0 Å². The van der Waals surface area contributed by atoms with Gasteiger partial charge in [-0.25, -0.2) is 0 Å². The summed E-state index contributed by atoms with van der Waals surface area (Å²) in [6.07, 6.45) is 2.26. The van der Waals surface area contributed by atoms with Crippen LogP contribution in [0.25, 0.3) is 0 Å². The van der Waals surface area contributed by atoms with Gasteiger partial charge in [0.1, 0.15) is 0 Å². The van der Waals surface area contributed by atoms with Crippen LogP contribution in [-0.2, 0) is 14.4 Å². The number of nitrogens with zero attached hydrogens (tertiary/aromatic N) is 1. The van der Waals surface area contributed by atoms with Gasteiger partial charge in [-0.2, -0.15) is 0 Å². The van der Waals surface area contributed by atoms with Crippen LogP contribution in [0.5, 0.6) is 0 Å². The molecule has 5 nitrogen and oxygen atoms in total. The lowest BCUT2D eigenvalue weighted by Crippen LogP contribution is -2.38. The van der Waals surface area contributed by atoms with Crippen LogP contribution < -0.4 is 0 Å². The van der Waals surface area contributed by atoms with Crippen LogP contribution in [-0.4, -0.2) is 34.3 Å². The van der Waals surface area contributed by atoms with Gasteiger partial charge >= 0.3 is 5.97 Å². The average molecular weight is 227 g/mol. The summed E-state index contributed by atoms with van der Waals surface area (Å²) in [5.41, 5.74) is 0. The lowest BCUT2D eigenvalue weighted by molar-refractivity contribution is -0.146. The van der Waals surface area contributed by atoms with E-state index < -0.39 is 5.97 Å². The molecular formula is C11H17NO4. The molecule has 1 unspecified atom stereocenters. The minimum absolute atomic E-state index is 0.0168. The van der Waals surface area contributed by atoms with E-state index in [2.05, 4.69) is 0 Å². The van der Waals surface area contributed by atoms with Crippen molar-refractivity contribution >= 4 is 17.8 Å². The fourth-order valence-corrected chi connectivity index (χ4v) is 1.84. The van der Waals surface area contributed by atoms with Gasteiger partial charge in [-0.15, -0.1) is 0 Å². The van der Waals surface area contributed by atoms with Crippen molar-refractivity contribution in [2.75, 3.05) is 6.54 Å². The first-order chi connectivity index (χ1) is 7.50. The third-order valence-corrected chi connectivity index (χ3v) is 2.65. The van der Waals surface area contributed by atoms with E-state index in [0.29, 0.717) is 12.8 Å². The van der Waals surface area contributed by atoms with Crippen molar-refractivity contribution in [3.8, 4) is 0 Å². The Kier molecular flexibility index (Phi) is 4.46. The van der Waals surface area contributed by atoms with Gasteiger partial charge in [0, 0.05) is 25.8 Å². The first-order valence-electron chi connectivity index (χ1n) is 5.55. The number of aliphatic carboxylic acids is 1. The molecule has 1 N–H and O–H groups in total. The van der Waals surface area contributed by atoms with Crippen LogP contribution in [0.3, 0.4) is 0 Å². The molecule has 2 amide bonds. The van der Waals surface area contributed by atoms with Crippen molar-refractivity contribution in [2.45, 2.75) is 39.0 Å². The fourth-order valence-electron chi connectivity index (χ4n) is 1.84. The normalized spacial score (nSPS) is 19.4. The first kappa shape index (κ1) is 12.7. The molecule has 1 heterocycles. The highest BCUT2D eigenvalue weighted by molar-refractivity contribution is 5.96. The van der Waals surface area contributed by atoms with Crippen LogP contribution in [0.15, 0.2) is 0 Å². The number of imide groups is 1. The summed E-state index contributed by atoms with van der Waals surface area (Å²) in [7, 11) is 0. The Hall–Kier alpha value is -1.39.